The molecular formula is C17H23N3O. The topological polar surface area (TPSA) is 41.3 Å². The van der Waals surface area contributed by atoms with Gasteiger partial charge in [-0.1, -0.05) is 0 Å². The molecule has 21 heavy (non-hydrogen) atoms. The van der Waals surface area contributed by atoms with Gasteiger partial charge in [0.05, 0.1) is 6.54 Å². The van der Waals surface area contributed by atoms with Crippen LogP contribution in [-0.2, 0) is 19.6 Å². The molecule has 2 aromatic heterocycles. The minimum atomic E-state index is 0.733. The Morgan fingerprint density at radius 2 is 2.05 bits per heavy atom. The molecule has 2 heterocycles. The second-order valence-corrected chi connectivity index (χ2v) is 5.98. The maximum atomic E-state index is 5.88. The van der Waals surface area contributed by atoms with Gasteiger partial charge >= 0.3 is 0 Å². The van der Waals surface area contributed by atoms with E-state index in [1.165, 1.54) is 24.0 Å². The molecular weight excluding hydrogens is 262 g/mol. The van der Waals surface area contributed by atoms with Crippen LogP contribution in [0.4, 0.5) is 0 Å². The Kier molecular flexibility index (Phi) is 4.36. The molecule has 4 heteroatoms. The molecule has 0 spiro atoms. The van der Waals surface area contributed by atoms with E-state index in [1.807, 2.05) is 12.4 Å². The van der Waals surface area contributed by atoms with Gasteiger partial charge < -0.3 is 9.73 Å². The summed E-state index contributed by atoms with van der Waals surface area (Å²) in [6, 6.07) is 7.02. The zero-order valence-corrected chi connectivity index (χ0v) is 12.8. The summed E-state index contributed by atoms with van der Waals surface area (Å²) in [6.07, 6.45) is 6.31. The van der Waals surface area contributed by atoms with Crippen molar-refractivity contribution in [2.45, 2.75) is 45.4 Å². The lowest BCUT2D eigenvalue weighted by atomic mass is 10.2. The Morgan fingerprint density at radius 3 is 2.76 bits per heavy atom. The number of hydrogen-bond acceptors (Lipinski definition) is 4. The number of aryl methyl sites for hydroxylation is 1. The molecule has 0 radical (unpaired) electrons. The highest BCUT2D eigenvalue weighted by atomic mass is 16.3. The highest BCUT2D eigenvalue weighted by Gasteiger charge is 2.21. The molecule has 2 aromatic rings. The minimum absolute atomic E-state index is 0.733. The van der Waals surface area contributed by atoms with Crippen molar-refractivity contribution >= 4 is 0 Å². The maximum Gasteiger partial charge on any atom is 0.118 e. The Balaban J connectivity index is 1.55. The van der Waals surface area contributed by atoms with Gasteiger partial charge in [-0.05, 0) is 50.6 Å². The van der Waals surface area contributed by atoms with Gasteiger partial charge in [-0.3, -0.25) is 9.88 Å². The third kappa shape index (κ3) is 4.16. The quantitative estimate of drug-likeness (QED) is 0.849. The summed E-state index contributed by atoms with van der Waals surface area (Å²) in [5, 5.41) is 3.54. The molecule has 1 aliphatic carbocycles. The first kappa shape index (κ1) is 14.3. The van der Waals surface area contributed by atoms with Gasteiger partial charge in [0.25, 0.3) is 0 Å². The van der Waals surface area contributed by atoms with Gasteiger partial charge in [-0.25, -0.2) is 0 Å². The first-order valence-electron chi connectivity index (χ1n) is 7.60. The first-order chi connectivity index (χ1) is 10.2. The van der Waals surface area contributed by atoms with Crippen molar-refractivity contribution in [2.24, 2.45) is 0 Å². The molecule has 0 saturated heterocycles. The van der Waals surface area contributed by atoms with Gasteiger partial charge in [-0.2, -0.15) is 0 Å². The van der Waals surface area contributed by atoms with Crippen molar-refractivity contribution in [3.8, 4) is 0 Å². The summed E-state index contributed by atoms with van der Waals surface area (Å²) >= 11 is 0. The van der Waals surface area contributed by atoms with Gasteiger partial charge in [0.15, 0.2) is 0 Å². The Hall–Kier alpha value is -1.65. The van der Waals surface area contributed by atoms with E-state index in [4.69, 9.17) is 4.42 Å². The van der Waals surface area contributed by atoms with Crippen LogP contribution in [0.5, 0.6) is 0 Å². The normalized spacial score (nSPS) is 14.8. The van der Waals surface area contributed by atoms with Crippen molar-refractivity contribution < 1.29 is 4.42 Å². The number of furan rings is 1. The van der Waals surface area contributed by atoms with Gasteiger partial charge in [-0.15, -0.1) is 0 Å². The molecule has 1 N–H and O–H groups in total. The third-order valence-corrected chi connectivity index (χ3v) is 3.86. The van der Waals surface area contributed by atoms with Crippen molar-refractivity contribution in [3.63, 3.8) is 0 Å². The highest BCUT2D eigenvalue weighted by Crippen LogP contribution is 2.21. The number of nitrogens with zero attached hydrogens (tertiary/aromatic N) is 2. The lowest BCUT2D eigenvalue weighted by Gasteiger charge is -2.14. The van der Waals surface area contributed by atoms with E-state index in [2.05, 4.69) is 47.4 Å². The third-order valence-electron chi connectivity index (χ3n) is 3.86. The second-order valence-electron chi connectivity index (χ2n) is 5.98. The predicted octanol–water partition coefficient (Wildman–Crippen LogP) is 2.87. The van der Waals surface area contributed by atoms with Gasteiger partial charge in [0, 0.05) is 37.1 Å². The Bertz CT molecular complexity index is 575. The van der Waals surface area contributed by atoms with Crippen LogP contribution in [0.25, 0.3) is 0 Å². The second kappa shape index (κ2) is 6.41. The molecule has 112 valence electrons. The zero-order chi connectivity index (χ0) is 14.7. The summed E-state index contributed by atoms with van der Waals surface area (Å²) in [7, 11) is 2.11. The average molecular weight is 285 g/mol. The van der Waals surface area contributed by atoms with Crippen LogP contribution < -0.4 is 5.32 Å². The first-order valence-corrected chi connectivity index (χ1v) is 7.60. The fraction of sp³-hybridized carbons (Fsp3) is 0.471. The SMILES string of the molecule is Cc1oc(CN(C)Cc2ccncc2)cc1CNC1CC1. The number of pyridine rings is 1. The van der Waals surface area contributed by atoms with Crippen LogP contribution in [0.15, 0.2) is 35.0 Å². The van der Waals surface area contributed by atoms with E-state index in [0.29, 0.717) is 0 Å². The standard InChI is InChI=1S/C17H23N3O/c1-13-15(10-19-16-3-4-16)9-17(21-13)12-20(2)11-14-5-7-18-8-6-14/h5-9,16,19H,3-4,10-12H2,1-2H3. The Morgan fingerprint density at radius 1 is 1.29 bits per heavy atom. The monoisotopic (exact) mass is 285 g/mol. The summed E-state index contributed by atoms with van der Waals surface area (Å²) < 4.78 is 5.88. The van der Waals surface area contributed by atoms with Crippen molar-refractivity contribution in [2.75, 3.05) is 7.05 Å². The van der Waals surface area contributed by atoms with Crippen LogP contribution in [0.1, 0.15) is 35.5 Å². The van der Waals surface area contributed by atoms with E-state index in [0.717, 1.165) is 37.2 Å². The van der Waals surface area contributed by atoms with E-state index >= 15 is 0 Å². The van der Waals surface area contributed by atoms with Crippen molar-refractivity contribution in [1.82, 2.24) is 15.2 Å². The average Bonchev–Trinajstić information content (AvgIpc) is 3.22. The molecule has 0 unspecified atom stereocenters. The highest BCUT2D eigenvalue weighted by molar-refractivity contribution is 5.21. The molecule has 1 fully saturated rings. The molecule has 0 amide bonds. The number of aromatic nitrogens is 1. The molecule has 0 aliphatic heterocycles. The largest absolute Gasteiger partial charge is 0.465 e. The van der Waals surface area contributed by atoms with Crippen LogP contribution in [0.3, 0.4) is 0 Å². The molecule has 0 atom stereocenters. The minimum Gasteiger partial charge on any atom is -0.465 e. The van der Waals surface area contributed by atoms with Gasteiger partial charge in [0.2, 0.25) is 0 Å². The van der Waals surface area contributed by atoms with Crippen LogP contribution in [-0.4, -0.2) is 23.0 Å². The lowest BCUT2D eigenvalue weighted by molar-refractivity contribution is 0.285. The predicted molar refractivity (Wildman–Crippen MR) is 82.7 cm³/mol. The molecule has 3 rings (SSSR count). The van der Waals surface area contributed by atoms with E-state index in [1.54, 1.807) is 0 Å². The van der Waals surface area contributed by atoms with Crippen LogP contribution >= 0.6 is 0 Å². The number of nitrogens with one attached hydrogen (secondary N) is 1. The number of hydrogen-bond donors (Lipinski definition) is 1. The summed E-state index contributed by atoms with van der Waals surface area (Å²) in [5.74, 6) is 2.08. The van der Waals surface area contributed by atoms with Crippen molar-refractivity contribution in [3.05, 3.63) is 53.2 Å². The maximum absolute atomic E-state index is 5.88. The van der Waals surface area contributed by atoms with Crippen molar-refractivity contribution in [1.29, 1.82) is 0 Å². The summed E-state index contributed by atoms with van der Waals surface area (Å²) in [4.78, 5) is 6.30. The van der Waals surface area contributed by atoms with Gasteiger partial charge in [0.1, 0.15) is 11.5 Å². The van der Waals surface area contributed by atoms with E-state index in [9.17, 15) is 0 Å². The van der Waals surface area contributed by atoms with Crippen LogP contribution in [0.2, 0.25) is 0 Å². The summed E-state index contributed by atoms with van der Waals surface area (Å²) in [5.41, 5.74) is 2.56. The fourth-order valence-electron chi connectivity index (χ4n) is 2.50. The smallest absolute Gasteiger partial charge is 0.118 e. The van der Waals surface area contributed by atoms with E-state index in [-0.39, 0.29) is 0 Å². The molecule has 1 aliphatic rings. The fourth-order valence-corrected chi connectivity index (χ4v) is 2.50. The Labute approximate surface area is 126 Å². The zero-order valence-electron chi connectivity index (χ0n) is 12.8. The molecule has 1 saturated carbocycles. The molecule has 0 aromatic carbocycles. The lowest BCUT2D eigenvalue weighted by Crippen LogP contribution is -2.17. The molecule has 0 bridgehead atoms. The van der Waals surface area contributed by atoms with Crippen LogP contribution in [0, 0.1) is 6.92 Å². The van der Waals surface area contributed by atoms with E-state index < -0.39 is 0 Å². The number of rotatable bonds is 7. The summed E-state index contributed by atoms with van der Waals surface area (Å²) in [6.45, 7) is 4.70. The molecule has 4 nitrogen and oxygen atoms in total.